The molecule has 0 aromatic carbocycles. The van der Waals surface area contributed by atoms with Crippen LogP contribution in [-0.4, -0.2) is 83.8 Å². The van der Waals surface area contributed by atoms with Crippen LogP contribution in [0.4, 0.5) is 4.39 Å². The van der Waals surface area contributed by atoms with E-state index in [9.17, 15) is 9.18 Å². The lowest BCUT2D eigenvalue weighted by Crippen LogP contribution is -2.46. The highest BCUT2D eigenvalue weighted by atomic mass is 19.1. The molecule has 1 aromatic heterocycles. The molecule has 7 nitrogen and oxygen atoms in total. The average Bonchev–Trinajstić information content (AvgIpc) is 2.94. The molecule has 132 valence electrons. The second-order valence-electron chi connectivity index (χ2n) is 6.36. The number of aromatic nitrogens is 2. The van der Waals surface area contributed by atoms with Gasteiger partial charge in [-0.15, -0.1) is 0 Å². The lowest BCUT2D eigenvalue weighted by molar-refractivity contribution is -0.123. The lowest BCUT2D eigenvalue weighted by Gasteiger charge is -2.27. The summed E-state index contributed by atoms with van der Waals surface area (Å²) >= 11 is 0. The van der Waals surface area contributed by atoms with Crippen molar-refractivity contribution in [3.8, 4) is 0 Å². The standard InChI is InChI=1S/C16H24FN5O2/c17-14-5-15(22(10-14)9-13-6-18-12-19-7-13)8-20-16(23)11-21-1-3-24-4-2-21/h6-7,12,14-15H,1-5,8-11H2,(H,20,23)/t14-,15-/m0/s1. The van der Waals surface area contributed by atoms with Crippen LogP contribution in [0.1, 0.15) is 12.0 Å². The lowest BCUT2D eigenvalue weighted by atomic mass is 10.2. The predicted molar refractivity (Wildman–Crippen MR) is 86.0 cm³/mol. The van der Waals surface area contributed by atoms with Crippen molar-refractivity contribution in [1.82, 2.24) is 25.1 Å². The number of nitrogens with zero attached hydrogens (tertiary/aromatic N) is 4. The zero-order chi connectivity index (χ0) is 16.8. The van der Waals surface area contributed by atoms with Crippen LogP contribution in [0.25, 0.3) is 0 Å². The number of carbonyl (C=O) groups is 1. The van der Waals surface area contributed by atoms with Gasteiger partial charge in [-0.1, -0.05) is 0 Å². The van der Waals surface area contributed by atoms with Crippen molar-refractivity contribution in [1.29, 1.82) is 0 Å². The largest absolute Gasteiger partial charge is 0.379 e. The molecule has 0 bridgehead atoms. The minimum absolute atomic E-state index is 0.00819. The summed E-state index contributed by atoms with van der Waals surface area (Å²) in [6, 6.07) is 0.00819. The fourth-order valence-electron chi connectivity index (χ4n) is 3.22. The first-order valence-electron chi connectivity index (χ1n) is 8.39. The number of amides is 1. The normalized spacial score (nSPS) is 25.7. The van der Waals surface area contributed by atoms with E-state index in [0.717, 1.165) is 18.7 Å². The van der Waals surface area contributed by atoms with E-state index in [2.05, 4.69) is 25.1 Å². The number of morpholine rings is 1. The van der Waals surface area contributed by atoms with Gasteiger partial charge in [0.2, 0.25) is 5.91 Å². The molecular weight excluding hydrogens is 313 g/mol. The van der Waals surface area contributed by atoms with Crippen LogP contribution in [0.3, 0.4) is 0 Å². The Morgan fingerprint density at radius 1 is 1.33 bits per heavy atom. The van der Waals surface area contributed by atoms with Crippen LogP contribution in [0.2, 0.25) is 0 Å². The van der Waals surface area contributed by atoms with Crippen LogP contribution in [0.15, 0.2) is 18.7 Å². The van der Waals surface area contributed by atoms with Gasteiger partial charge in [0.15, 0.2) is 0 Å². The van der Waals surface area contributed by atoms with Crippen LogP contribution >= 0.6 is 0 Å². The molecule has 0 unspecified atom stereocenters. The van der Waals surface area contributed by atoms with Crippen molar-refractivity contribution >= 4 is 5.91 Å². The first-order valence-corrected chi connectivity index (χ1v) is 8.39. The minimum atomic E-state index is -0.851. The quantitative estimate of drug-likeness (QED) is 0.778. The molecule has 24 heavy (non-hydrogen) atoms. The van der Waals surface area contributed by atoms with Crippen molar-refractivity contribution in [3.05, 3.63) is 24.3 Å². The maximum atomic E-state index is 13.8. The zero-order valence-electron chi connectivity index (χ0n) is 13.7. The van der Waals surface area contributed by atoms with Crippen molar-refractivity contribution < 1.29 is 13.9 Å². The second kappa shape index (κ2) is 8.46. The Balaban J connectivity index is 1.46. The molecule has 0 radical (unpaired) electrons. The number of nitrogens with one attached hydrogen (secondary N) is 1. The van der Waals surface area contributed by atoms with Gasteiger partial charge in [-0.05, 0) is 6.42 Å². The molecule has 2 aliphatic heterocycles. The molecule has 2 atom stereocenters. The van der Waals surface area contributed by atoms with Gasteiger partial charge in [-0.3, -0.25) is 14.6 Å². The molecule has 1 aromatic rings. The van der Waals surface area contributed by atoms with Gasteiger partial charge in [-0.2, -0.15) is 0 Å². The fourth-order valence-corrected chi connectivity index (χ4v) is 3.22. The SMILES string of the molecule is O=C(CN1CCOCC1)NC[C@@H]1C[C@H](F)CN1Cc1cncnc1. The summed E-state index contributed by atoms with van der Waals surface area (Å²) < 4.78 is 19.1. The maximum absolute atomic E-state index is 13.8. The van der Waals surface area contributed by atoms with E-state index >= 15 is 0 Å². The number of carbonyl (C=O) groups excluding carboxylic acids is 1. The molecule has 3 rings (SSSR count). The summed E-state index contributed by atoms with van der Waals surface area (Å²) in [5.41, 5.74) is 0.955. The Morgan fingerprint density at radius 3 is 2.83 bits per heavy atom. The molecule has 0 spiro atoms. The van der Waals surface area contributed by atoms with E-state index in [1.54, 1.807) is 12.4 Å². The summed E-state index contributed by atoms with van der Waals surface area (Å²) in [6.45, 7) is 4.74. The van der Waals surface area contributed by atoms with E-state index in [0.29, 0.717) is 45.8 Å². The van der Waals surface area contributed by atoms with Gasteiger partial charge < -0.3 is 10.1 Å². The van der Waals surface area contributed by atoms with Crippen LogP contribution < -0.4 is 5.32 Å². The summed E-state index contributed by atoms with van der Waals surface area (Å²) in [4.78, 5) is 24.2. The predicted octanol–water partition coefficient (Wildman–Crippen LogP) is -0.163. The Morgan fingerprint density at radius 2 is 2.08 bits per heavy atom. The Kier molecular flexibility index (Phi) is 6.06. The van der Waals surface area contributed by atoms with Gasteiger partial charge in [0.25, 0.3) is 0 Å². The fraction of sp³-hybridized carbons (Fsp3) is 0.688. The number of alkyl halides is 1. The van der Waals surface area contributed by atoms with Gasteiger partial charge >= 0.3 is 0 Å². The summed E-state index contributed by atoms with van der Waals surface area (Å²) in [6.07, 6.45) is 4.57. The first kappa shape index (κ1) is 17.2. The number of hydrogen-bond donors (Lipinski definition) is 1. The van der Waals surface area contributed by atoms with E-state index < -0.39 is 6.17 Å². The van der Waals surface area contributed by atoms with Crippen LogP contribution in [-0.2, 0) is 16.1 Å². The van der Waals surface area contributed by atoms with Gasteiger partial charge in [0.1, 0.15) is 12.5 Å². The zero-order valence-corrected chi connectivity index (χ0v) is 13.7. The van der Waals surface area contributed by atoms with Crippen molar-refractivity contribution in [3.63, 3.8) is 0 Å². The summed E-state index contributed by atoms with van der Waals surface area (Å²) in [5, 5.41) is 2.95. The van der Waals surface area contributed by atoms with E-state index in [-0.39, 0.29) is 11.9 Å². The molecule has 2 aliphatic rings. The minimum Gasteiger partial charge on any atom is -0.379 e. The van der Waals surface area contributed by atoms with E-state index in [1.165, 1.54) is 6.33 Å². The molecule has 2 saturated heterocycles. The Hall–Kier alpha value is -1.64. The number of rotatable bonds is 6. The number of ether oxygens (including phenoxy) is 1. The maximum Gasteiger partial charge on any atom is 0.234 e. The monoisotopic (exact) mass is 337 g/mol. The third-order valence-corrected chi connectivity index (χ3v) is 4.48. The topological polar surface area (TPSA) is 70.6 Å². The van der Waals surface area contributed by atoms with Crippen LogP contribution in [0.5, 0.6) is 0 Å². The molecule has 3 heterocycles. The highest BCUT2D eigenvalue weighted by molar-refractivity contribution is 5.78. The summed E-state index contributed by atoms with van der Waals surface area (Å²) in [7, 11) is 0. The van der Waals surface area contributed by atoms with E-state index in [4.69, 9.17) is 4.74 Å². The smallest absolute Gasteiger partial charge is 0.234 e. The first-order chi connectivity index (χ1) is 11.7. The third-order valence-electron chi connectivity index (χ3n) is 4.48. The molecular formula is C16H24FN5O2. The number of halogens is 1. The molecule has 8 heteroatoms. The molecule has 1 amide bonds. The highest BCUT2D eigenvalue weighted by Crippen LogP contribution is 2.21. The average molecular weight is 337 g/mol. The van der Waals surface area contributed by atoms with Crippen molar-refractivity contribution in [2.24, 2.45) is 0 Å². The van der Waals surface area contributed by atoms with Gasteiger partial charge in [0, 0.05) is 56.7 Å². The molecule has 0 aliphatic carbocycles. The Bertz CT molecular complexity index is 526. The Labute approximate surface area is 141 Å². The van der Waals surface area contributed by atoms with Gasteiger partial charge in [-0.25, -0.2) is 14.4 Å². The van der Waals surface area contributed by atoms with Crippen LogP contribution in [0, 0.1) is 0 Å². The number of hydrogen-bond acceptors (Lipinski definition) is 6. The number of likely N-dealkylation sites (tertiary alicyclic amines) is 1. The van der Waals surface area contributed by atoms with Gasteiger partial charge in [0.05, 0.1) is 19.8 Å². The molecule has 2 fully saturated rings. The molecule has 0 saturated carbocycles. The summed E-state index contributed by atoms with van der Waals surface area (Å²) in [5.74, 6) is -0.0118. The second-order valence-corrected chi connectivity index (χ2v) is 6.36. The molecule has 1 N–H and O–H groups in total. The van der Waals surface area contributed by atoms with E-state index in [1.807, 2.05) is 0 Å². The third kappa shape index (κ3) is 4.93. The van der Waals surface area contributed by atoms with Crippen molar-refractivity contribution in [2.45, 2.75) is 25.2 Å². The van der Waals surface area contributed by atoms with Crippen molar-refractivity contribution in [2.75, 3.05) is 45.9 Å². The highest BCUT2D eigenvalue weighted by Gasteiger charge is 2.32.